The fraction of sp³-hybridized carbons (Fsp3) is 0.440. The first kappa shape index (κ1) is 21.5. The maximum atomic E-state index is 14.0. The molecule has 164 valence electrons. The van der Waals surface area contributed by atoms with E-state index in [1.807, 2.05) is 0 Å². The van der Waals surface area contributed by atoms with Crippen molar-refractivity contribution in [2.24, 2.45) is 5.92 Å². The summed E-state index contributed by atoms with van der Waals surface area (Å²) in [7, 11) is 0. The summed E-state index contributed by atoms with van der Waals surface area (Å²) in [6.07, 6.45) is 3.42. The summed E-state index contributed by atoms with van der Waals surface area (Å²) in [6.45, 7) is 4.34. The molecule has 0 bridgehead atoms. The molecular weight excluding hydrogens is 393 g/mol. The van der Waals surface area contributed by atoms with Gasteiger partial charge in [-0.2, -0.15) is 0 Å². The third kappa shape index (κ3) is 5.70. The molecule has 6 heteroatoms. The summed E-state index contributed by atoms with van der Waals surface area (Å²) in [5, 5.41) is 3.01. The van der Waals surface area contributed by atoms with Crippen LogP contribution < -0.4 is 5.32 Å². The quantitative estimate of drug-likeness (QED) is 0.742. The fourth-order valence-corrected chi connectivity index (χ4v) is 4.41. The van der Waals surface area contributed by atoms with Crippen molar-refractivity contribution < 1.29 is 14.0 Å². The summed E-state index contributed by atoms with van der Waals surface area (Å²) in [6, 6.07) is 14.9. The number of hydrogen-bond acceptors (Lipinski definition) is 3. The highest BCUT2D eigenvalue weighted by molar-refractivity contribution is 5.83. The van der Waals surface area contributed by atoms with Gasteiger partial charge in [0.15, 0.2) is 0 Å². The van der Waals surface area contributed by atoms with Gasteiger partial charge in [-0.25, -0.2) is 4.39 Å². The second-order valence-corrected chi connectivity index (χ2v) is 8.62. The van der Waals surface area contributed by atoms with Crippen LogP contribution in [0.2, 0.25) is 0 Å². The van der Waals surface area contributed by atoms with E-state index in [2.05, 4.69) is 34.5 Å². The van der Waals surface area contributed by atoms with Gasteiger partial charge in [-0.1, -0.05) is 42.5 Å². The minimum atomic E-state index is -0.324. The van der Waals surface area contributed by atoms with Gasteiger partial charge < -0.3 is 10.2 Å². The maximum Gasteiger partial charge on any atom is 0.225 e. The van der Waals surface area contributed by atoms with Crippen molar-refractivity contribution in [2.75, 3.05) is 19.6 Å². The van der Waals surface area contributed by atoms with Crippen LogP contribution in [-0.2, 0) is 29.2 Å². The molecule has 0 spiro atoms. The first-order valence-electron chi connectivity index (χ1n) is 11.2. The van der Waals surface area contributed by atoms with E-state index in [1.165, 1.54) is 37.6 Å². The Labute approximate surface area is 183 Å². The minimum Gasteiger partial charge on any atom is -0.352 e. The molecule has 4 rings (SSSR count). The molecule has 2 aromatic rings. The third-order valence-electron chi connectivity index (χ3n) is 6.28. The lowest BCUT2D eigenvalue weighted by Crippen LogP contribution is -2.45. The second kappa shape index (κ2) is 10.1. The predicted octanol–water partition coefficient (Wildman–Crippen LogP) is 3.48. The molecule has 2 amide bonds. The van der Waals surface area contributed by atoms with Crippen LogP contribution >= 0.6 is 0 Å². The number of amides is 2. The number of nitrogens with zero attached hydrogens (tertiary/aromatic N) is 2. The van der Waals surface area contributed by atoms with Crippen LogP contribution in [0.4, 0.5) is 4.39 Å². The lowest BCUT2D eigenvalue weighted by Gasteiger charge is -2.32. The van der Waals surface area contributed by atoms with Gasteiger partial charge in [0.1, 0.15) is 5.82 Å². The maximum absolute atomic E-state index is 14.0. The molecule has 1 N–H and O–H groups in total. The fourth-order valence-electron chi connectivity index (χ4n) is 4.41. The van der Waals surface area contributed by atoms with Crippen molar-refractivity contribution in [2.45, 2.75) is 45.3 Å². The molecule has 1 atom stereocenters. The number of nitrogens with one attached hydrogen (secondary N) is 1. The summed E-state index contributed by atoms with van der Waals surface area (Å²) >= 11 is 0. The molecule has 2 aromatic carbocycles. The van der Waals surface area contributed by atoms with E-state index in [1.54, 1.807) is 23.1 Å². The van der Waals surface area contributed by atoms with Crippen LogP contribution in [0.5, 0.6) is 0 Å². The molecule has 0 aromatic heterocycles. The SMILES string of the molecule is O=C(NCc1ccc(CN2CCCC2)cc1)[C@@H]1CCC(=O)N(Cc2ccccc2F)C1. The smallest absolute Gasteiger partial charge is 0.225 e. The van der Waals surface area contributed by atoms with Gasteiger partial charge in [-0.05, 0) is 49.5 Å². The topological polar surface area (TPSA) is 52.7 Å². The Morgan fingerprint density at radius 2 is 1.71 bits per heavy atom. The van der Waals surface area contributed by atoms with Crippen molar-refractivity contribution in [3.63, 3.8) is 0 Å². The van der Waals surface area contributed by atoms with Gasteiger partial charge >= 0.3 is 0 Å². The van der Waals surface area contributed by atoms with Crippen LogP contribution in [0.3, 0.4) is 0 Å². The molecule has 0 unspecified atom stereocenters. The molecule has 2 aliphatic heterocycles. The number of carbonyl (C=O) groups excluding carboxylic acids is 2. The molecule has 0 radical (unpaired) electrons. The molecule has 2 heterocycles. The average molecular weight is 424 g/mol. The Balaban J connectivity index is 1.28. The Hall–Kier alpha value is -2.73. The zero-order valence-corrected chi connectivity index (χ0v) is 17.9. The number of benzene rings is 2. The van der Waals surface area contributed by atoms with Crippen molar-refractivity contribution in [3.05, 3.63) is 71.0 Å². The summed E-state index contributed by atoms with van der Waals surface area (Å²) in [5.41, 5.74) is 2.84. The van der Waals surface area contributed by atoms with Crippen LogP contribution in [-0.4, -0.2) is 41.2 Å². The number of hydrogen-bond donors (Lipinski definition) is 1. The Bertz CT molecular complexity index is 909. The molecule has 5 nitrogen and oxygen atoms in total. The zero-order valence-electron chi connectivity index (χ0n) is 17.9. The second-order valence-electron chi connectivity index (χ2n) is 8.62. The zero-order chi connectivity index (χ0) is 21.6. The van der Waals surface area contributed by atoms with Crippen LogP contribution in [0, 0.1) is 11.7 Å². The molecule has 2 saturated heterocycles. The number of carbonyl (C=O) groups is 2. The van der Waals surface area contributed by atoms with E-state index in [-0.39, 0.29) is 30.1 Å². The molecule has 2 aliphatic rings. The van der Waals surface area contributed by atoms with Gasteiger partial charge in [-0.3, -0.25) is 14.5 Å². The molecule has 0 saturated carbocycles. The Morgan fingerprint density at radius 1 is 1.00 bits per heavy atom. The van der Waals surface area contributed by atoms with Crippen molar-refractivity contribution >= 4 is 11.8 Å². The Morgan fingerprint density at radius 3 is 2.45 bits per heavy atom. The summed E-state index contributed by atoms with van der Waals surface area (Å²) in [4.78, 5) is 29.1. The molecule has 0 aliphatic carbocycles. The highest BCUT2D eigenvalue weighted by Crippen LogP contribution is 2.21. The highest BCUT2D eigenvalue weighted by Gasteiger charge is 2.30. The van der Waals surface area contributed by atoms with Crippen LogP contribution in [0.1, 0.15) is 42.4 Å². The third-order valence-corrected chi connectivity index (χ3v) is 6.28. The first-order valence-corrected chi connectivity index (χ1v) is 11.2. The van der Waals surface area contributed by atoms with Gasteiger partial charge in [0.2, 0.25) is 11.8 Å². The average Bonchev–Trinajstić information content (AvgIpc) is 3.29. The van der Waals surface area contributed by atoms with Crippen molar-refractivity contribution in [1.82, 2.24) is 15.1 Å². The van der Waals surface area contributed by atoms with Gasteiger partial charge in [0.25, 0.3) is 0 Å². The molecule has 2 fully saturated rings. The predicted molar refractivity (Wildman–Crippen MR) is 117 cm³/mol. The number of likely N-dealkylation sites (tertiary alicyclic amines) is 2. The number of halogens is 1. The van der Waals surface area contributed by atoms with Crippen LogP contribution in [0.15, 0.2) is 48.5 Å². The largest absolute Gasteiger partial charge is 0.352 e. The lowest BCUT2D eigenvalue weighted by molar-refractivity contribution is -0.139. The minimum absolute atomic E-state index is 0.0269. The van der Waals surface area contributed by atoms with E-state index in [4.69, 9.17) is 0 Å². The first-order chi connectivity index (χ1) is 15.1. The van der Waals surface area contributed by atoms with Gasteiger partial charge in [-0.15, -0.1) is 0 Å². The van der Waals surface area contributed by atoms with E-state index >= 15 is 0 Å². The number of piperidine rings is 1. The summed E-state index contributed by atoms with van der Waals surface area (Å²) < 4.78 is 14.0. The normalized spacial score (nSPS) is 19.6. The van der Waals surface area contributed by atoms with Gasteiger partial charge in [0, 0.05) is 38.2 Å². The van der Waals surface area contributed by atoms with Crippen LogP contribution in [0.25, 0.3) is 0 Å². The Kier molecular flexibility index (Phi) is 6.97. The standard InChI is InChI=1S/C25H30FN3O2/c26-23-6-2-1-5-21(23)17-29-18-22(11-12-24(29)30)25(31)27-15-19-7-9-20(10-8-19)16-28-13-3-4-14-28/h1-2,5-10,22H,3-4,11-18H2,(H,27,31)/t22-/m1/s1. The molecular formula is C25H30FN3O2. The van der Waals surface area contributed by atoms with E-state index < -0.39 is 0 Å². The lowest BCUT2D eigenvalue weighted by atomic mass is 9.96. The molecule has 31 heavy (non-hydrogen) atoms. The number of rotatable bonds is 7. The summed E-state index contributed by atoms with van der Waals surface area (Å²) in [5.74, 6) is -0.665. The highest BCUT2D eigenvalue weighted by atomic mass is 19.1. The van der Waals surface area contributed by atoms with E-state index in [9.17, 15) is 14.0 Å². The van der Waals surface area contributed by atoms with E-state index in [0.29, 0.717) is 31.5 Å². The van der Waals surface area contributed by atoms with Gasteiger partial charge in [0.05, 0.1) is 5.92 Å². The van der Waals surface area contributed by atoms with E-state index in [0.717, 1.165) is 12.1 Å². The monoisotopic (exact) mass is 423 g/mol. The van der Waals surface area contributed by atoms with Crippen molar-refractivity contribution in [1.29, 1.82) is 0 Å². The van der Waals surface area contributed by atoms with Crippen molar-refractivity contribution in [3.8, 4) is 0 Å².